The zero-order chi connectivity index (χ0) is 15.6. The van der Waals surface area contributed by atoms with E-state index in [9.17, 15) is 0 Å². The number of hydrogen-bond acceptors (Lipinski definition) is 3. The van der Waals surface area contributed by atoms with E-state index in [4.69, 9.17) is 27.0 Å². The molecular formula is C15H28O3P2. The molecular weight excluding hydrogens is 290 g/mol. The third-order valence-corrected chi connectivity index (χ3v) is 3.05. The Balaban J connectivity index is 0. The van der Waals surface area contributed by atoms with Gasteiger partial charge >= 0.3 is 0 Å². The summed E-state index contributed by atoms with van der Waals surface area (Å²) in [6.07, 6.45) is 15.0. The molecule has 4 atom stereocenters. The van der Waals surface area contributed by atoms with Crippen molar-refractivity contribution in [2.24, 2.45) is 5.92 Å². The van der Waals surface area contributed by atoms with Crippen LogP contribution in [0.4, 0.5) is 0 Å². The third kappa shape index (κ3) is 20.2. The highest BCUT2D eigenvalue weighted by Crippen LogP contribution is 2.09. The van der Waals surface area contributed by atoms with Gasteiger partial charge in [-0.05, 0) is 31.6 Å². The van der Waals surface area contributed by atoms with Gasteiger partial charge in [-0.15, -0.1) is 24.7 Å². The van der Waals surface area contributed by atoms with Gasteiger partial charge in [0.15, 0.2) is 0 Å². The Bertz CT molecular complexity index is 243. The SMILES string of the molecule is C#CC[C@H](C)CCCOP.C#CC[C@H](O)CCCOP. The van der Waals surface area contributed by atoms with Crippen LogP contribution in [0.1, 0.15) is 45.4 Å². The van der Waals surface area contributed by atoms with Crippen LogP contribution in [0.3, 0.4) is 0 Å². The summed E-state index contributed by atoms with van der Waals surface area (Å²) in [5.41, 5.74) is 0. The van der Waals surface area contributed by atoms with Crippen molar-refractivity contribution in [1.29, 1.82) is 0 Å². The molecule has 0 amide bonds. The first-order valence-electron chi connectivity index (χ1n) is 6.80. The van der Waals surface area contributed by atoms with E-state index in [-0.39, 0.29) is 6.10 Å². The normalized spacial score (nSPS) is 12.5. The second kappa shape index (κ2) is 18.9. The molecule has 0 rings (SSSR count). The van der Waals surface area contributed by atoms with Crippen LogP contribution < -0.4 is 0 Å². The summed E-state index contributed by atoms with van der Waals surface area (Å²) in [6.45, 7) is 3.65. The standard InChI is InChI=1S/C8H15OP.C7H13O2P/c1-3-5-8(2)6-4-7-9-10;1-2-4-7(8)5-3-6-9-10/h1,8H,4-7,10H2,2H3;1,7-8H,3-6,10H2/t8-;7-/m00/s1. The van der Waals surface area contributed by atoms with Crippen molar-refractivity contribution >= 4 is 18.9 Å². The van der Waals surface area contributed by atoms with Crippen LogP contribution in [0.5, 0.6) is 0 Å². The number of hydrogen-bond donors (Lipinski definition) is 1. The molecule has 0 aliphatic carbocycles. The van der Waals surface area contributed by atoms with Crippen molar-refractivity contribution in [3.05, 3.63) is 0 Å². The summed E-state index contributed by atoms with van der Waals surface area (Å²) in [7, 11) is 4.41. The van der Waals surface area contributed by atoms with Gasteiger partial charge in [0.05, 0.1) is 19.3 Å². The molecule has 0 saturated heterocycles. The second-order valence-corrected chi connectivity index (χ2v) is 5.27. The predicted octanol–water partition coefficient (Wildman–Crippen LogP) is 3.19. The number of terminal acetylenes is 2. The molecule has 0 saturated carbocycles. The first-order valence-corrected chi connectivity index (χ1v) is 7.74. The van der Waals surface area contributed by atoms with Crippen molar-refractivity contribution in [3.8, 4) is 24.7 Å². The lowest BCUT2D eigenvalue weighted by Crippen LogP contribution is -2.05. The predicted molar refractivity (Wildman–Crippen MR) is 91.9 cm³/mol. The summed E-state index contributed by atoms with van der Waals surface area (Å²) in [6, 6.07) is 0. The molecule has 116 valence electrons. The van der Waals surface area contributed by atoms with E-state index in [1.54, 1.807) is 0 Å². The molecule has 0 aliphatic rings. The van der Waals surface area contributed by atoms with E-state index in [1.807, 2.05) is 0 Å². The van der Waals surface area contributed by atoms with Crippen LogP contribution in [0.2, 0.25) is 0 Å². The van der Waals surface area contributed by atoms with Crippen LogP contribution in [-0.2, 0) is 9.05 Å². The maximum Gasteiger partial charge on any atom is 0.0650 e. The van der Waals surface area contributed by atoms with Crippen LogP contribution in [0.25, 0.3) is 0 Å². The Morgan fingerprint density at radius 3 is 1.95 bits per heavy atom. The highest BCUT2D eigenvalue weighted by molar-refractivity contribution is 7.10. The molecule has 20 heavy (non-hydrogen) atoms. The lowest BCUT2D eigenvalue weighted by atomic mass is 10.0. The van der Waals surface area contributed by atoms with E-state index in [1.165, 1.54) is 6.42 Å². The van der Waals surface area contributed by atoms with Crippen LogP contribution in [0.15, 0.2) is 0 Å². The molecule has 3 nitrogen and oxygen atoms in total. The summed E-state index contributed by atoms with van der Waals surface area (Å²) >= 11 is 0. The molecule has 1 N–H and O–H groups in total. The van der Waals surface area contributed by atoms with Crippen LogP contribution in [0, 0.1) is 30.6 Å². The third-order valence-electron chi connectivity index (χ3n) is 2.58. The van der Waals surface area contributed by atoms with Crippen molar-refractivity contribution in [2.45, 2.75) is 51.6 Å². The molecule has 2 unspecified atom stereocenters. The maximum atomic E-state index is 9.07. The fourth-order valence-corrected chi connectivity index (χ4v) is 1.79. The minimum absolute atomic E-state index is 0.356. The highest BCUT2D eigenvalue weighted by Gasteiger charge is 1.99. The maximum absolute atomic E-state index is 9.07. The van der Waals surface area contributed by atoms with Crippen molar-refractivity contribution in [3.63, 3.8) is 0 Å². The van der Waals surface area contributed by atoms with E-state index >= 15 is 0 Å². The summed E-state index contributed by atoms with van der Waals surface area (Å²) < 4.78 is 9.56. The first-order chi connectivity index (χ1) is 9.62. The van der Waals surface area contributed by atoms with Gasteiger partial charge in [-0.2, -0.15) is 0 Å². The van der Waals surface area contributed by atoms with Crippen molar-refractivity contribution in [1.82, 2.24) is 0 Å². The topological polar surface area (TPSA) is 38.7 Å². The molecule has 0 fully saturated rings. The molecule has 0 aliphatic heterocycles. The lowest BCUT2D eigenvalue weighted by molar-refractivity contribution is 0.160. The first kappa shape index (κ1) is 22.1. The monoisotopic (exact) mass is 318 g/mol. The average Bonchev–Trinajstić information content (AvgIpc) is 2.41. The van der Waals surface area contributed by atoms with Crippen LogP contribution >= 0.6 is 18.9 Å². The van der Waals surface area contributed by atoms with E-state index in [0.29, 0.717) is 18.9 Å². The fraction of sp³-hybridized carbons (Fsp3) is 0.733. The minimum atomic E-state index is -0.356. The van der Waals surface area contributed by atoms with E-state index in [2.05, 4.69) is 37.7 Å². The Hall–Kier alpha value is -0.140. The Kier molecular flexibility index (Phi) is 20.9. The lowest BCUT2D eigenvalue weighted by Gasteiger charge is -2.05. The summed E-state index contributed by atoms with van der Waals surface area (Å²) in [4.78, 5) is 0. The Labute approximate surface area is 129 Å². The van der Waals surface area contributed by atoms with E-state index < -0.39 is 0 Å². The smallest absolute Gasteiger partial charge is 0.0650 e. The van der Waals surface area contributed by atoms with Gasteiger partial charge in [-0.3, -0.25) is 0 Å². The minimum Gasteiger partial charge on any atom is -0.392 e. The van der Waals surface area contributed by atoms with Gasteiger partial charge in [-0.25, -0.2) is 0 Å². The zero-order valence-electron chi connectivity index (χ0n) is 12.4. The van der Waals surface area contributed by atoms with Gasteiger partial charge in [0.2, 0.25) is 0 Å². The highest BCUT2D eigenvalue weighted by atomic mass is 31.0. The van der Waals surface area contributed by atoms with Crippen LogP contribution in [-0.4, -0.2) is 24.4 Å². The summed E-state index contributed by atoms with van der Waals surface area (Å²) in [5, 5.41) is 9.07. The number of rotatable bonds is 10. The van der Waals surface area contributed by atoms with E-state index in [0.717, 1.165) is 32.3 Å². The van der Waals surface area contributed by atoms with Gasteiger partial charge in [-0.1, -0.05) is 6.92 Å². The molecule has 0 aromatic heterocycles. The second-order valence-electron chi connectivity index (χ2n) is 4.60. The number of aliphatic hydroxyl groups is 1. The average molecular weight is 318 g/mol. The van der Waals surface area contributed by atoms with Gasteiger partial charge in [0, 0.05) is 31.8 Å². The van der Waals surface area contributed by atoms with Gasteiger partial charge in [0.1, 0.15) is 0 Å². The Morgan fingerprint density at radius 1 is 1.00 bits per heavy atom. The summed E-state index contributed by atoms with van der Waals surface area (Å²) in [5.74, 6) is 5.69. The Morgan fingerprint density at radius 2 is 1.50 bits per heavy atom. The molecule has 0 aromatic carbocycles. The quantitative estimate of drug-likeness (QED) is 0.382. The molecule has 0 spiro atoms. The van der Waals surface area contributed by atoms with Crippen molar-refractivity contribution in [2.75, 3.05) is 13.2 Å². The number of aliphatic hydroxyl groups excluding tert-OH is 1. The fourth-order valence-electron chi connectivity index (χ4n) is 1.46. The van der Waals surface area contributed by atoms with Gasteiger partial charge < -0.3 is 14.2 Å². The zero-order valence-corrected chi connectivity index (χ0v) is 14.7. The van der Waals surface area contributed by atoms with Gasteiger partial charge in [0.25, 0.3) is 0 Å². The largest absolute Gasteiger partial charge is 0.392 e. The molecule has 5 heteroatoms. The molecule has 0 radical (unpaired) electrons. The van der Waals surface area contributed by atoms with Crippen molar-refractivity contribution < 1.29 is 14.2 Å². The molecule has 0 heterocycles. The molecule has 0 aromatic rings. The molecule has 0 bridgehead atoms.